The minimum absolute atomic E-state index is 0.292. The Hall–Kier alpha value is -2.10. The standard InChI is InChI=1S/C14H15FN2O/c1-18-12-5-2-4-11(10-12)7-9-17-14-13(15)6-3-8-16-14/h2-6,8,10H,7,9H2,1H3,(H,16,17). The van der Waals surface area contributed by atoms with E-state index in [1.807, 2.05) is 24.3 Å². The summed E-state index contributed by atoms with van der Waals surface area (Å²) in [4.78, 5) is 3.93. The first-order valence-corrected chi connectivity index (χ1v) is 5.77. The van der Waals surface area contributed by atoms with Crippen LogP contribution in [0.15, 0.2) is 42.6 Å². The summed E-state index contributed by atoms with van der Waals surface area (Å²) >= 11 is 0. The van der Waals surface area contributed by atoms with E-state index in [2.05, 4.69) is 10.3 Å². The predicted octanol–water partition coefficient (Wildman–Crippen LogP) is 2.88. The van der Waals surface area contributed by atoms with Crippen LogP contribution in [0.5, 0.6) is 5.75 Å². The molecule has 4 heteroatoms. The quantitative estimate of drug-likeness (QED) is 0.880. The van der Waals surface area contributed by atoms with Gasteiger partial charge >= 0.3 is 0 Å². The molecule has 0 saturated heterocycles. The molecule has 0 aliphatic heterocycles. The van der Waals surface area contributed by atoms with E-state index in [0.717, 1.165) is 17.7 Å². The topological polar surface area (TPSA) is 34.1 Å². The minimum Gasteiger partial charge on any atom is -0.497 e. The van der Waals surface area contributed by atoms with Crippen LogP contribution >= 0.6 is 0 Å². The van der Waals surface area contributed by atoms with Crippen molar-refractivity contribution in [1.29, 1.82) is 0 Å². The molecule has 18 heavy (non-hydrogen) atoms. The van der Waals surface area contributed by atoms with Crippen LogP contribution in [-0.2, 0) is 6.42 Å². The first-order chi connectivity index (χ1) is 8.79. The summed E-state index contributed by atoms with van der Waals surface area (Å²) < 4.78 is 18.4. The second kappa shape index (κ2) is 6.00. The van der Waals surface area contributed by atoms with Crippen LogP contribution in [0.1, 0.15) is 5.56 Å². The van der Waals surface area contributed by atoms with Gasteiger partial charge in [-0.05, 0) is 36.2 Å². The number of benzene rings is 1. The summed E-state index contributed by atoms with van der Waals surface area (Å²) in [6.07, 6.45) is 2.35. The maximum absolute atomic E-state index is 13.3. The van der Waals surface area contributed by atoms with Gasteiger partial charge in [0.1, 0.15) is 5.75 Å². The largest absolute Gasteiger partial charge is 0.497 e. The number of anilines is 1. The number of rotatable bonds is 5. The lowest BCUT2D eigenvalue weighted by atomic mass is 10.1. The van der Waals surface area contributed by atoms with Gasteiger partial charge in [-0.25, -0.2) is 9.37 Å². The van der Waals surface area contributed by atoms with Crippen molar-refractivity contribution in [2.24, 2.45) is 0 Å². The van der Waals surface area contributed by atoms with Gasteiger partial charge in [0, 0.05) is 12.7 Å². The molecule has 0 unspecified atom stereocenters. The number of hydrogen-bond donors (Lipinski definition) is 1. The molecule has 0 spiro atoms. The first kappa shape index (κ1) is 12.4. The number of pyridine rings is 1. The van der Waals surface area contributed by atoms with E-state index < -0.39 is 0 Å². The highest BCUT2D eigenvalue weighted by atomic mass is 19.1. The van der Waals surface area contributed by atoms with Crippen molar-refractivity contribution in [3.8, 4) is 5.75 Å². The number of halogens is 1. The Morgan fingerprint density at radius 3 is 2.94 bits per heavy atom. The van der Waals surface area contributed by atoms with Crippen molar-refractivity contribution in [1.82, 2.24) is 4.98 Å². The molecule has 0 atom stereocenters. The van der Waals surface area contributed by atoms with Crippen LogP contribution < -0.4 is 10.1 Å². The Labute approximate surface area is 106 Å². The molecule has 0 aliphatic carbocycles. The lowest BCUT2D eigenvalue weighted by molar-refractivity contribution is 0.414. The van der Waals surface area contributed by atoms with Crippen LogP contribution in [0.3, 0.4) is 0 Å². The molecule has 1 heterocycles. The van der Waals surface area contributed by atoms with Crippen molar-refractivity contribution in [3.05, 3.63) is 54.0 Å². The zero-order valence-electron chi connectivity index (χ0n) is 10.2. The van der Waals surface area contributed by atoms with Crippen molar-refractivity contribution in [3.63, 3.8) is 0 Å². The van der Waals surface area contributed by atoms with Gasteiger partial charge in [0.25, 0.3) is 0 Å². The monoisotopic (exact) mass is 246 g/mol. The van der Waals surface area contributed by atoms with Gasteiger partial charge in [0.05, 0.1) is 7.11 Å². The van der Waals surface area contributed by atoms with Crippen LogP contribution in [0.4, 0.5) is 10.2 Å². The molecule has 0 amide bonds. The van der Waals surface area contributed by atoms with Crippen LogP contribution in [-0.4, -0.2) is 18.6 Å². The zero-order chi connectivity index (χ0) is 12.8. The number of methoxy groups -OCH3 is 1. The SMILES string of the molecule is COc1cccc(CCNc2ncccc2F)c1. The van der Waals surface area contributed by atoms with Crippen LogP contribution in [0.25, 0.3) is 0 Å². The normalized spacial score (nSPS) is 10.1. The van der Waals surface area contributed by atoms with E-state index in [1.165, 1.54) is 6.07 Å². The lowest BCUT2D eigenvalue weighted by Crippen LogP contribution is -2.07. The number of nitrogens with one attached hydrogen (secondary N) is 1. The van der Waals surface area contributed by atoms with Crippen LogP contribution in [0, 0.1) is 5.82 Å². The van der Waals surface area contributed by atoms with E-state index in [1.54, 1.807) is 19.4 Å². The van der Waals surface area contributed by atoms with Gasteiger partial charge in [-0.2, -0.15) is 0 Å². The Morgan fingerprint density at radius 1 is 1.28 bits per heavy atom. The lowest BCUT2D eigenvalue weighted by Gasteiger charge is -2.07. The minimum atomic E-state index is -0.330. The molecule has 0 saturated carbocycles. The number of nitrogens with zero attached hydrogens (tertiary/aromatic N) is 1. The third-order valence-corrected chi connectivity index (χ3v) is 2.60. The highest BCUT2D eigenvalue weighted by molar-refractivity contribution is 5.36. The van der Waals surface area contributed by atoms with Crippen LogP contribution in [0.2, 0.25) is 0 Å². The van der Waals surface area contributed by atoms with E-state index in [4.69, 9.17) is 4.74 Å². The molecular weight excluding hydrogens is 231 g/mol. The van der Waals surface area contributed by atoms with E-state index >= 15 is 0 Å². The van der Waals surface area contributed by atoms with Gasteiger partial charge in [-0.3, -0.25) is 0 Å². The molecule has 1 aromatic carbocycles. The molecular formula is C14H15FN2O. The molecule has 94 valence electrons. The van der Waals surface area contributed by atoms with Crippen molar-refractivity contribution >= 4 is 5.82 Å². The van der Waals surface area contributed by atoms with Crippen molar-refractivity contribution in [2.75, 3.05) is 19.0 Å². The third kappa shape index (κ3) is 3.20. The second-order valence-electron chi connectivity index (χ2n) is 3.86. The Bertz CT molecular complexity index is 517. The summed E-state index contributed by atoms with van der Waals surface area (Å²) in [6.45, 7) is 0.626. The zero-order valence-corrected chi connectivity index (χ0v) is 10.2. The highest BCUT2D eigenvalue weighted by Gasteiger charge is 2.01. The van der Waals surface area contributed by atoms with Crippen molar-refractivity contribution in [2.45, 2.75) is 6.42 Å². The molecule has 1 N–H and O–H groups in total. The van der Waals surface area contributed by atoms with E-state index in [-0.39, 0.29) is 5.82 Å². The fourth-order valence-corrected chi connectivity index (χ4v) is 1.67. The maximum Gasteiger partial charge on any atom is 0.165 e. The summed E-state index contributed by atoms with van der Waals surface area (Å²) in [5, 5.41) is 2.97. The van der Waals surface area contributed by atoms with Gasteiger partial charge in [-0.15, -0.1) is 0 Å². The van der Waals surface area contributed by atoms with Gasteiger partial charge in [0.15, 0.2) is 11.6 Å². The molecule has 0 aliphatic rings. The van der Waals surface area contributed by atoms with Gasteiger partial charge < -0.3 is 10.1 Å². The summed E-state index contributed by atoms with van der Waals surface area (Å²) in [7, 11) is 1.64. The summed E-state index contributed by atoms with van der Waals surface area (Å²) in [5.74, 6) is 0.792. The molecule has 0 bridgehead atoms. The predicted molar refractivity (Wildman–Crippen MR) is 69.4 cm³/mol. The van der Waals surface area contributed by atoms with E-state index in [9.17, 15) is 4.39 Å². The van der Waals surface area contributed by atoms with E-state index in [0.29, 0.717) is 12.4 Å². The summed E-state index contributed by atoms with van der Waals surface area (Å²) in [5.41, 5.74) is 1.14. The molecule has 3 nitrogen and oxygen atoms in total. The fourth-order valence-electron chi connectivity index (χ4n) is 1.67. The molecule has 2 aromatic rings. The summed E-state index contributed by atoms with van der Waals surface area (Å²) in [6, 6.07) is 10.8. The molecule has 2 rings (SSSR count). The second-order valence-corrected chi connectivity index (χ2v) is 3.86. The number of hydrogen-bond acceptors (Lipinski definition) is 3. The highest BCUT2D eigenvalue weighted by Crippen LogP contribution is 2.13. The van der Waals surface area contributed by atoms with Gasteiger partial charge in [-0.1, -0.05) is 12.1 Å². The first-order valence-electron chi connectivity index (χ1n) is 5.77. The maximum atomic E-state index is 13.3. The Morgan fingerprint density at radius 2 is 2.17 bits per heavy atom. The third-order valence-electron chi connectivity index (χ3n) is 2.60. The average molecular weight is 246 g/mol. The smallest absolute Gasteiger partial charge is 0.165 e. The molecule has 0 fully saturated rings. The number of ether oxygens (including phenoxy) is 1. The van der Waals surface area contributed by atoms with Crippen molar-refractivity contribution < 1.29 is 9.13 Å². The fraction of sp³-hybridized carbons (Fsp3) is 0.214. The average Bonchev–Trinajstić information content (AvgIpc) is 2.41. The Kier molecular flexibility index (Phi) is 4.12. The molecule has 0 radical (unpaired) electrons. The Balaban J connectivity index is 1.90. The number of aromatic nitrogens is 1. The molecule has 1 aromatic heterocycles. The van der Waals surface area contributed by atoms with Gasteiger partial charge in [0.2, 0.25) is 0 Å².